The van der Waals surface area contributed by atoms with Crippen molar-refractivity contribution in [2.24, 2.45) is 0 Å². The van der Waals surface area contributed by atoms with E-state index in [0.29, 0.717) is 0 Å². The molecule has 212 valence electrons. The fourth-order valence-electron chi connectivity index (χ4n) is 5.43. The molecule has 0 saturated heterocycles. The molecular formula is C34H52Br2NP. The molecule has 3 aromatic carbocycles. The molecule has 1 nitrogen and oxygen atoms in total. The molecule has 3 aromatic rings. The highest BCUT2D eigenvalue weighted by molar-refractivity contribution is 8.93. The van der Waals surface area contributed by atoms with Crippen LogP contribution in [0.1, 0.15) is 96.8 Å². The quantitative estimate of drug-likeness (QED) is 0.113. The number of benzene rings is 3. The molecular weight excluding hydrogens is 613 g/mol. The predicted molar refractivity (Wildman–Crippen MR) is 176 cm³/mol. The third-order valence-electron chi connectivity index (χ3n) is 7.44. The minimum atomic E-state index is -1.64. The summed E-state index contributed by atoms with van der Waals surface area (Å²) >= 11 is 0. The van der Waals surface area contributed by atoms with E-state index in [1.54, 1.807) is 0 Å². The molecule has 3 rings (SSSR count). The van der Waals surface area contributed by atoms with Crippen molar-refractivity contribution in [1.29, 1.82) is 0 Å². The Morgan fingerprint density at radius 2 is 0.684 bits per heavy atom. The maximum Gasteiger partial charge on any atom is 0.112 e. The van der Waals surface area contributed by atoms with Crippen LogP contribution in [0.5, 0.6) is 0 Å². The Morgan fingerprint density at radius 1 is 0.421 bits per heavy atom. The largest absolute Gasteiger partial charge is 1.00 e. The molecule has 0 aliphatic rings. The first-order valence-corrected chi connectivity index (χ1v) is 16.4. The third-order valence-corrected chi connectivity index (χ3v) is 12.0. The van der Waals surface area contributed by atoms with Gasteiger partial charge in [0.2, 0.25) is 0 Å². The fourth-order valence-corrected chi connectivity index (χ4v) is 9.84. The van der Waals surface area contributed by atoms with Gasteiger partial charge in [-0.25, -0.2) is 0 Å². The molecule has 0 atom stereocenters. The third kappa shape index (κ3) is 12.0. The van der Waals surface area contributed by atoms with Crippen LogP contribution in [-0.4, -0.2) is 6.16 Å². The second kappa shape index (κ2) is 22.8. The number of unbranched alkanes of at least 4 members (excludes halogenated alkanes) is 13. The van der Waals surface area contributed by atoms with Crippen LogP contribution in [0, 0.1) is 0 Å². The van der Waals surface area contributed by atoms with Gasteiger partial charge in [0.25, 0.3) is 0 Å². The highest BCUT2D eigenvalue weighted by atomic mass is 79.9. The van der Waals surface area contributed by atoms with Gasteiger partial charge in [0.15, 0.2) is 0 Å². The molecule has 0 unspecified atom stereocenters. The summed E-state index contributed by atoms with van der Waals surface area (Å²) in [4.78, 5) is 0. The zero-order valence-electron chi connectivity index (χ0n) is 23.7. The fraction of sp³-hybridized carbons (Fsp3) is 0.471. The molecule has 0 aliphatic carbocycles. The Bertz CT molecular complexity index is 809. The van der Waals surface area contributed by atoms with Crippen molar-refractivity contribution in [3.63, 3.8) is 0 Å². The Kier molecular flexibility index (Phi) is 22.2. The first-order chi connectivity index (χ1) is 17.4. The minimum Gasteiger partial charge on any atom is -1.00 e. The Labute approximate surface area is 256 Å². The number of hydrogen-bond acceptors (Lipinski definition) is 1. The lowest BCUT2D eigenvalue weighted by molar-refractivity contribution is -0.00000775. The topological polar surface area (TPSA) is 35.0 Å². The zero-order valence-corrected chi connectivity index (χ0v) is 27.9. The summed E-state index contributed by atoms with van der Waals surface area (Å²) in [6, 6.07) is 34.0. The van der Waals surface area contributed by atoms with Gasteiger partial charge in [-0.1, -0.05) is 139 Å². The summed E-state index contributed by atoms with van der Waals surface area (Å²) in [5, 5.41) is 4.56. The molecule has 0 aliphatic heterocycles. The van der Waals surface area contributed by atoms with Gasteiger partial charge in [-0.15, -0.1) is 17.0 Å². The summed E-state index contributed by atoms with van der Waals surface area (Å²) in [6.07, 6.45) is 21.0. The number of hydrogen-bond donors (Lipinski definition) is 1. The van der Waals surface area contributed by atoms with E-state index in [-0.39, 0.29) is 40.1 Å². The van der Waals surface area contributed by atoms with Crippen LogP contribution in [0.25, 0.3) is 0 Å². The van der Waals surface area contributed by atoms with E-state index in [1.807, 2.05) is 0 Å². The lowest BCUT2D eigenvalue weighted by atomic mass is 10.0. The van der Waals surface area contributed by atoms with Gasteiger partial charge >= 0.3 is 0 Å². The van der Waals surface area contributed by atoms with Gasteiger partial charge < -0.3 is 23.1 Å². The van der Waals surface area contributed by atoms with Gasteiger partial charge in [0.05, 0.1) is 6.16 Å². The SMILES string of the molecule is Br.CCCCCCCCCCCCCCCC[P+](c1ccccc1)(c1ccccc1)c1ccccc1.N.[Br-]. The van der Waals surface area contributed by atoms with Crippen molar-refractivity contribution in [1.82, 2.24) is 6.15 Å². The average Bonchev–Trinajstić information content (AvgIpc) is 2.93. The maximum atomic E-state index is 2.37. The second-order valence-corrected chi connectivity index (χ2v) is 13.8. The van der Waals surface area contributed by atoms with Crippen molar-refractivity contribution in [2.75, 3.05) is 6.16 Å². The lowest BCUT2D eigenvalue weighted by Gasteiger charge is -2.27. The summed E-state index contributed by atoms with van der Waals surface area (Å²) in [7, 11) is -1.64. The molecule has 0 bridgehead atoms. The molecule has 4 heteroatoms. The standard InChI is InChI=1S/C34H48P.2BrH.H3N/c1-2-3-4-5-6-7-8-9-10-11-12-13-14-24-31-35(32-25-18-15-19-26-32,33-27-20-16-21-28-33)34-29-22-17-23-30-34;;;/h15-23,25-30H,2-14,24,31H2,1H3;2*1H;1H3/q+1;;;/p-1. The lowest BCUT2D eigenvalue weighted by Crippen LogP contribution is -3.00. The predicted octanol–water partition coefficient (Wildman–Crippen LogP) is 7.21. The molecule has 0 radical (unpaired) electrons. The summed E-state index contributed by atoms with van der Waals surface area (Å²) in [5.41, 5.74) is 0. The molecule has 38 heavy (non-hydrogen) atoms. The van der Waals surface area contributed by atoms with E-state index in [4.69, 9.17) is 0 Å². The van der Waals surface area contributed by atoms with Crippen LogP contribution in [0.3, 0.4) is 0 Å². The Hall–Kier alpha value is -0.990. The monoisotopic (exact) mass is 663 g/mol. The van der Waals surface area contributed by atoms with Crippen molar-refractivity contribution in [3.8, 4) is 0 Å². The second-order valence-electron chi connectivity index (χ2n) is 10.1. The molecule has 0 fully saturated rings. The van der Waals surface area contributed by atoms with Crippen molar-refractivity contribution >= 4 is 40.2 Å². The molecule has 0 aromatic heterocycles. The molecule has 0 spiro atoms. The first-order valence-electron chi connectivity index (χ1n) is 14.4. The normalized spacial score (nSPS) is 10.7. The number of halogens is 2. The van der Waals surface area contributed by atoms with Gasteiger partial charge in [0.1, 0.15) is 23.2 Å². The van der Waals surface area contributed by atoms with Gasteiger partial charge in [-0.05, 0) is 49.2 Å². The number of rotatable bonds is 18. The van der Waals surface area contributed by atoms with Gasteiger partial charge in [-0.3, -0.25) is 0 Å². The highest BCUT2D eigenvalue weighted by Crippen LogP contribution is 2.56. The zero-order chi connectivity index (χ0) is 24.4. The summed E-state index contributed by atoms with van der Waals surface area (Å²) < 4.78 is 0. The smallest absolute Gasteiger partial charge is 0.112 e. The van der Waals surface area contributed by atoms with Crippen LogP contribution in [0.4, 0.5) is 0 Å². The Morgan fingerprint density at radius 3 is 0.974 bits per heavy atom. The molecule has 3 N–H and O–H groups in total. The molecule has 0 heterocycles. The summed E-state index contributed by atoms with van der Waals surface area (Å²) in [5.74, 6) is 0. The van der Waals surface area contributed by atoms with E-state index in [0.717, 1.165) is 0 Å². The molecule has 0 amide bonds. The van der Waals surface area contributed by atoms with E-state index < -0.39 is 7.26 Å². The average molecular weight is 666 g/mol. The van der Waals surface area contributed by atoms with Crippen LogP contribution in [-0.2, 0) is 0 Å². The Balaban J connectivity index is 0.00000456. The van der Waals surface area contributed by atoms with Crippen molar-refractivity contribution in [2.45, 2.75) is 96.8 Å². The van der Waals surface area contributed by atoms with E-state index in [1.165, 1.54) is 112 Å². The van der Waals surface area contributed by atoms with E-state index >= 15 is 0 Å². The van der Waals surface area contributed by atoms with Crippen LogP contribution in [0.2, 0.25) is 0 Å². The van der Waals surface area contributed by atoms with Gasteiger partial charge in [0, 0.05) is 0 Å². The first kappa shape index (κ1) is 37.0. The van der Waals surface area contributed by atoms with Crippen molar-refractivity contribution < 1.29 is 17.0 Å². The van der Waals surface area contributed by atoms with Crippen LogP contribution < -0.4 is 39.0 Å². The van der Waals surface area contributed by atoms with Crippen LogP contribution >= 0.6 is 24.2 Å². The maximum absolute atomic E-state index is 2.37. The van der Waals surface area contributed by atoms with Crippen molar-refractivity contribution in [3.05, 3.63) is 91.0 Å². The van der Waals surface area contributed by atoms with E-state index in [2.05, 4.69) is 97.9 Å². The minimum absolute atomic E-state index is 0. The molecule has 0 saturated carbocycles. The van der Waals surface area contributed by atoms with Gasteiger partial charge in [-0.2, -0.15) is 0 Å². The van der Waals surface area contributed by atoms with E-state index in [9.17, 15) is 0 Å². The van der Waals surface area contributed by atoms with Crippen LogP contribution in [0.15, 0.2) is 91.0 Å². The highest BCUT2D eigenvalue weighted by Gasteiger charge is 2.44. The summed E-state index contributed by atoms with van der Waals surface area (Å²) in [6.45, 7) is 2.30.